The van der Waals surface area contributed by atoms with E-state index in [1.807, 2.05) is 55.5 Å². The molecule has 5 aromatic rings. The number of hydrogen-bond donors (Lipinski definition) is 1. The summed E-state index contributed by atoms with van der Waals surface area (Å²) >= 11 is 0. The molecule has 0 atom stereocenters. The molecule has 0 aliphatic heterocycles. The Kier molecular flexibility index (Phi) is 6.04. The summed E-state index contributed by atoms with van der Waals surface area (Å²) in [5, 5.41) is 10.1. The number of nitrogens with zero attached hydrogens (tertiary/aromatic N) is 4. The van der Waals surface area contributed by atoms with Gasteiger partial charge >= 0.3 is 0 Å². The Morgan fingerprint density at radius 3 is 2.28 bits per heavy atom. The van der Waals surface area contributed by atoms with Crippen LogP contribution in [0.1, 0.15) is 16.7 Å². The van der Waals surface area contributed by atoms with Gasteiger partial charge in [-0.2, -0.15) is 5.26 Å². The average molecular weight is 498 g/mol. The number of hydrogen-bond acceptors (Lipinski definition) is 6. The second kappa shape index (κ2) is 9.32. The van der Waals surface area contributed by atoms with Crippen molar-refractivity contribution in [3.05, 3.63) is 89.5 Å². The lowest BCUT2D eigenvalue weighted by atomic mass is 10.1. The summed E-state index contributed by atoms with van der Waals surface area (Å²) in [6, 6.07) is 23.7. The number of aryl methyl sites for hydroxylation is 3. The molecule has 0 saturated carbocycles. The van der Waals surface area contributed by atoms with Crippen molar-refractivity contribution in [2.75, 3.05) is 11.8 Å². The lowest BCUT2D eigenvalue weighted by Crippen LogP contribution is -2.17. The summed E-state index contributed by atoms with van der Waals surface area (Å²) in [5.41, 5.74) is 4.19. The predicted molar refractivity (Wildman–Crippen MR) is 138 cm³/mol. The van der Waals surface area contributed by atoms with Crippen LogP contribution in [0.3, 0.4) is 0 Å². The third-order valence-corrected chi connectivity index (χ3v) is 7.36. The summed E-state index contributed by atoms with van der Waals surface area (Å²) in [4.78, 5) is 9.53. The second-order valence-corrected chi connectivity index (χ2v) is 10.1. The van der Waals surface area contributed by atoms with Crippen LogP contribution in [0, 0.1) is 18.3 Å². The van der Waals surface area contributed by atoms with Crippen molar-refractivity contribution in [3.8, 4) is 11.8 Å². The van der Waals surface area contributed by atoms with Crippen molar-refractivity contribution >= 4 is 38.0 Å². The van der Waals surface area contributed by atoms with E-state index in [0.29, 0.717) is 35.2 Å². The molecule has 36 heavy (non-hydrogen) atoms. The number of fused-ring (bicyclic) bond motifs is 2. The van der Waals surface area contributed by atoms with Crippen LogP contribution in [0.5, 0.6) is 5.75 Å². The number of methoxy groups -OCH3 is 1. The van der Waals surface area contributed by atoms with Gasteiger partial charge in [-0.25, -0.2) is 18.4 Å². The Morgan fingerprint density at radius 1 is 0.972 bits per heavy atom. The molecule has 0 saturated heterocycles. The molecule has 3 aromatic carbocycles. The minimum atomic E-state index is -3.97. The van der Waals surface area contributed by atoms with Crippen LogP contribution in [0.2, 0.25) is 0 Å². The van der Waals surface area contributed by atoms with E-state index < -0.39 is 10.0 Å². The topological polar surface area (TPSA) is 110 Å². The highest BCUT2D eigenvalue weighted by Crippen LogP contribution is 2.31. The Balaban J connectivity index is 1.64. The lowest BCUT2D eigenvalue weighted by molar-refractivity contribution is 0.414. The highest BCUT2D eigenvalue weighted by Gasteiger charge is 2.25. The van der Waals surface area contributed by atoms with E-state index in [-0.39, 0.29) is 16.3 Å². The predicted octanol–water partition coefficient (Wildman–Crippen LogP) is 4.82. The van der Waals surface area contributed by atoms with Crippen molar-refractivity contribution in [1.82, 2.24) is 14.5 Å². The maximum Gasteiger partial charge on any atom is 0.263 e. The molecule has 2 aromatic heterocycles. The molecular weight excluding hydrogens is 474 g/mol. The first kappa shape index (κ1) is 23.3. The smallest absolute Gasteiger partial charge is 0.263 e. The monoisotopic (exact) mass is 497 g/mol. The first-order valence-electron chi connectivity index (χ1n) is 11.3. The number of para-hydroxylation sites is 2. The number of ether oxygens (including phenoxy) is 1. The van der Waals surface area contributed by atoms with Crippen molar-refractivity contribution in [3.63, 3.8) is 0 Å². The van der Waals surface area contributed by atoms with Gasteiger partial charge in [0.25, 0.3) is 10.0 Å². The van der Waals surface area contributed by atoms with Crippen LogP contribution in [-0.4, -0.2) is 30.1 Å². The van der Waals surface area contributed by atoms with Gasteiger partial charge in [0.05, 0.1) is 23.0 Å². The number of aromatic nitrogens is 3. The zero-order valence-electron chi connectivity index (χ0n) is 19.8. The third-order valence-electron chi connectivity index (χ3n) is 6.01. The van der Waals surface area contributed by atoms with Gasteiger partial charge in [-0.15, -0.1) is 0 Å². The average Bonchev–Trinajstić information content (AvgIpc) is 3.16. The van der Waals surface area contributed by atoms with Crippen LogP contribution in [0.25, 0.3) is 22.2 Å². The summed E-state index contributed by atoms with van der Waals surface area (Å²) in [5.74, 6) is 0.901. The molecule has 0 spiro atoms. The maximum atomic E-state index is 13.3. The molecule has 0 radical (unpaired) electrons. The van der Waals surface area contributed by atoms with E-state index in [2.05, 4.69) is 15.8 Å². The Labute approximate surface area is 208 Å². The number of sulfonamides is 1. The molecule has 1 N–H and O–H groups in total. The molecule has 2 heterocycles. The lowest BCUT2D eigenvalue weighted by Gasteiger charge is -2.13. The molecule has 0 amide bonds. The summed E-state index contributed by atoms with van der Waals surface area (Å²) in [6.45, 7) is 2.26. The fraction of sp³-hybridized carbons (Fsp3) is 0.148. The number of nitrogens with one attached hydrogen (secondary N) is 1. The number of rotatable bonds is 7. The van der Waals surface area contributed by atoms with Gasteiger partial charge in [0.1, 0.15) is 28.7 Å². The van der Waals surface area contributed by atoms with Crippen LogP contribution >= 0.6 is 0 Å². The molecule has 9 heteroatoms. The van der Waals surface area contributed by atoms with E-state index in [1.54, 1.807) is 35.9 Å². The summed E-state index contributed by atoms with van der Waals surface area (Å²) in [7, 11) is -2.35. The van der Waals surface area contributed by atoms with Gasteiger partial charge in [0.2, 0.25) is 0 Å². The van der Waals surface area contributed by atoms with Crippen LogP contribution in [-0.2, 0) is 23.0 Å². The van der Waals surface area contributed by atoms with Crippen molar-refractivity contribution in [2.45, 2.75) is 24.8 Å². The van der Waals surface area contributed by atoms with Crippen molar-refractivity contribution < 1.29 is 13.2 Å². The number of benzene rings is 3. The Hall–Kier alpha value is -4.42. The Morgan fingerprint density at radius 2 is 1.64 bits per heavy atom. The molecule has 5 rings (SSSR count). The zero-order valence-corrected chi connectivity index (χ0v) is 20.6. The first-order valence-corrected chi connectivity index (χ1v) is 12.8. The molecule has 0 aliphatic carbocycles. The van der Waals surface area contributed by atoms with E-state index in [0.717, 1.165) is 16.9 Å². The summed E-state index contributed by atoms with van der Waals surface area (Å²) < 4.78 is 36.2. The van der Waals surface area contributed by atoms with Gasteiger partial charge in [-0.05, 0) is 55.3 Å². The Bertz CT molecular complexity index is 1720. The fourth-order valence-corrected chi connectivity index (χ4v) is 5.15. The van der Waals surface area contributed by atoms with E-state index in [1.165, 1.54) is 0 Å². The normalized spacial score (nSPS) is 11.5. The first-order chi connectivity index (χ1) is 17.4. The van der Waals surface area contributed by atoms with Gasteiger partial charge in [-0.3, -0.25) is 4.72 Å². The molecule has 180 valence electrons. The highest BCUT2D eigenvalue weighted by molar-refractivity contribution is 7.92. The van der Waals surface area contributed by atoms with Gasteiger partial charge in [0.15, 0.2) is 5.65 Å². The zero-order chi connectivity index (χ0) is 25.3. The highest BCUT2D eigenvalue weighted by atomic mass is 32.2. The van der Waals surface area contributed by atoms with E-state index in [4.69, 9.17) is 9.72 Å². The number of anilines is 1. The molecule has 0 aliphatic rings. The van der Waals surface area contributed by atoms with E-state index >= 15 is 0 Å². The molecule has 0 bridgehead atoms. The van der Waals surface area contributed by atoms with Crippen molar-refractivity contribution in [2.24, 2.45) is 0 Å². The minimum Gasteiger partial charge on any atom is -0.497 e. The van der Waals surface area contributed by atoms with Gasteiger partial charge in [-0.1, -0.05) is 42.0 Å². The molecular formula is C27H23N5O3S. The summed E-state index contributed by atoms with van der Waals surface area (Å²) in [6.07, 6.45) is 0.576. The van der Waals surface area contributed by atoms with E-state index in [9.17, 15) is 13.7 Å². The maximum absolute atomic E-state index is 13.3. The molecule has 0 unspecified atom stereocenters. The van der Waals surface area contributed by atoms with Gasteiger partial charge < -0.3 is 9.30 Å². The standard InChI is InChI=1S/C27H23N5O3S/c1-18-7-13-21(14-8-18)36(33,34)31-26-22(17-28)25-27(30-24-6-4-3-5-23(24)29-25)32(26)16-15-19-9-11-20(35-2)12-10-19/h3-14,31H,15-16H2,1-2H3. The fourth-order valence-electron chi connectivity index (χ4n) is 4.07. The van der Waals surface area contributed by atoms with Crippen LogP contribution in [0.15, 0.2) is 77.7 Å². The molecule has 8 nitrogen and oxygen atoms in total. The third kappa shape index (κ3) is 4.34. The molecule has 0 fully saturated rings. The van der Waals surface area contributed by atoms with Gasteiger partial charge in [0, 0.05) is 6.54 Å². The second-order valence-electron chi connectivity index (χ2n) is 8.39. The largest absolute Gasteiger partial charge is 0.497 e. The van der Waals surface area contributed by atoms with Crippen molar-refractivity contribution in [1.29, 1.82) is 5.26 Å². The van der Waals surface area contributed by atoms with Crippen LogP contribution in [0.4, 0.5) is 5.82 Å². The SMILES string of the molecule is COc1ccc(CCn2c(NS(=O)(=O)c3ccc(C)cc3)c(C#N)c3nc4ccccc4nc32)cc1. The van der Waals surface area contributed by atoms with Crippen LogP contribution < -0.4 is 9.46 Å². The minimum absolute atomic E-state index is 0.107. The number of nitriles is 1. The quantitative estimate of drug-likeness (QED) is 0.345.